The molecule has 1 atom stereocenters. The van der Waals surface area contributed by atoms with Crippen molar-refractivity contribution in [2.45, 2.75) is 38.8 Å². The molecule has 1 aliphatic rings. The van der Waals surface area contributed by atoms with Gasteiger partial charge in [0.1, 0.15) is 11.7 Å². The number of aromatic nitrogens is 3. The predicted octanol–water partition coefficient (Wildman–Crippen LogP) is 1.66. The Hall–Kier alpha value is -2.54. The third kappa shape index (κ3) is 3.93. The molecule has 1 aliphatic heterocycles. The molecule has 25 heavy (non-hydrogen) atoms. The smallest absolute Gasteiger partial charge is 0.263 e. The van der Waals surface area contributed by atoms with E-state index in [0.717, 1.165) is 37.1 Å². The lowest BCUT2D eigenvalue weighted by molar-refractivity contribution is 0.00940. The van der Waals surface area contributed by atoms with Crippen LogP contribution in [0.15, 0.2) is 29.3 Å². The molecular weight excluding hydrogens is 320 g/mol. The zero-order valence-corrected chi connectivity index (χ0v) is 14.5. The van der Waals surface area contributed by atoms with E-state index < -0.39 is 5.91 Å². The van der Waals surface area contributed by atoms with Crippen molar-refractivity contribution in [3.8, 4) is 0 Å². The van der Waals surface area contributed by atoms with Crippen molar-refractivity contribution in [1.29, 1.82) is 0 Å². The Morgan fingerprint density at radius 1 is 1.32 bits per heavy atom. The Morgan fingerprint density at radius 3 is 2.76 bits per heavy atom. The molecule has 1 unspecified atom stereocenters. The van der Waals surface area contributed by atoms with Crippen LogP contribution in [0.4, 0.5) is 0 Å². The fraction of sp³-hybridized carbons (Fsp3) is 0.444. The Balaban J connectivity index is 1.62. The lowest BCUT2D eigenvalue weighted by Crippen LogP contribution is -2.32. The summed E-state index contributed by atoms with van der Waals surface area (Å²) in [6.45, 7) is 2.83. The highest BCUT2D eigenvalue weighted by Gasteiger charge is 2.18. The van der Waals surface area contributed by atoms with Gasteiger partial charge in [0.05, 0.1) is 0 Å². The quantitative estimate of drug-likeness (QED) is 0.913. The summed E-state index contributed by atoms with van der Waals surface area (Å²) in [5, 5.41) is 2.74. The second-order valence-electron chi connectivity index (χ2n) is 6.24. The molecule has 0 saturated carbocycles. The van der Waals surface area contributed by atoms with E-state index in [1.165, 1.54) is 4.57 Å². The first-order valence-electron chi connectivity index (χ1n) is 8.43. The number of nitrogens with zero attached hydrogens (tertiary/aromatic N) is 3. The van der Waals surface area contributed by atoms with Crippen LogP contribution in [0.2, 0.25) is 0 Å². The molecule has 132 valence electrons. The minimum Gasteiger partial charge on any atom is -0.370 e. The summed E-state index contributed by atoms with van der Waals surface area (Å²) in [6, 6.07) is 3.30. The van der Waals surface area contributed by atoms with Gasteiger partial charge in [0, 0.05) is 43.9 Å². The molecule has 0 bridgehead atoms. The van der Waals surface area contributed by atoms with Gasteiger partial charge in [-0.15, -0.1) is 0 Å². The zero-order chi connectivity index (χ0) is 17.8. The normalized spacial score (nSPS) is 17.3. The van der Waals surface area contributed by atoms with Gasteiger partial charge in [-0.3, -0.25) is 9.59 Å². The third-order valence-corrected chi connectivity index (χ3v) is 4.45. The number of nitrogens with one attached hydrogen (secondary N) is 1. The molecular formula is C18H22N4O3. The first kappa shape index (κ1) is 17.3. The second kappa shape index (κ2) is 7.57. The highest BCUT2D eigenvalue weighted by Crippen LogP contribution is 2.24. The van der Waals surface area contributed by atoms with Crippen molar-refractivity contribution in [2.24, 2.45) is 7.05 Å². The van der Waals surface area contributed by atoms with Crippen LogP contribution in [0, 0.1) is 6.92 Å². The summed E-state index contributed by atoms with van der Waals surface area (Å²) in [4.78, 5) is 33.0. The Morgan fingerprint density at radius 2 is 2.08 bits per heavy atom. The van der Waals surface area contributed by atoms with Crippen molar-refractivity contribution in [3.05, 3.63) is 57.5 Å². The molecule has 7 nitrogen and oxygen atoms in total. The molecule has 3 rings (SSSR count). The zero-order valence-electron chi connectivity index (χ0n) is 14.5. The summed E-state index contributed by atoms with van der Waals surface area (Å²) in [7, 11) is 1.65. The molecule has 1 N–H and O–H groups in total. The van der Waals surface area contributed by atoms with Gasteiger partial charge in [-0.1, -0.05) is 0 Å². The van der Waals surface area contributed by atoms with Gasteiger partial charge in [-0.05, 0) is 38.3 Å². The van der Waals surface area contributed by atoms with Gasteiger partial charge in [0.25, 0.3) is 11.5 Å². The van der Waals surface area contributed by atoms with Gasteiger partial charge >= 0.3 is 0 Å². The van der Waals surface area contributed by atoms with Gasteiger partial charge in [0.15, 0.2) is 5.82 Å². The fourth-order valence-electron chi connectivity index (χ4n) is 2.74. The summed E-state index contributed by atoms with van der Waals surface area (Å²) >= 11 is 0. The maximum atomic E-state index is 12.2. The summed E-state index contributed by atoms with van der Waals surface area (Å²) in [6.07, 6.45) is 6.48. The average molecular weight is 342 g/mol. The first-order valence-corrected chi connectivity index (χ1v) is 8.43. The van der Waals surface area contributed by atoms with E-state index in [9.17, 15) is 9.59 Å². The molecule has 0 aliphatic carbocycles. The van der Waals surface area contributed by atoms with E-state index in [4.69, 9.17) is 4.74 Å². The second-order valence-corrected chi connectivity index (χ2v) is 6.24. The van der Waals surface area contributed by atoms with Gasteiger partial charge in [-0.2, -0.15) is 0 Å². The van der Waals surface area contributed by atoms with Crippen molar-refractivity contribution in [2.75, 3.05) is 6.61 Å². The largest absolute Gasteiger partial charge is 0.370 e. The number of hydrogen-bond donors (Lipinski definition) is 1. The number of rotatable bonds is 4. The maximum Gasteiger partial charge on any atom is 0.263 e. The molecule has 1 amide bonds. The van der Waals surface area contributed by atoms with Gasteiger partial charge in [-0.25, -0.2) is 9.97 Å². The number of hydrogen-bond acceptors (Lipinski definition) is 5. The van der Waals surface area contributed by atoms with E-state index in [1.54, 1.807) is 31.6 Å². The molecule has 2 aromatic heterocycles. The number of carbonyl (C=O) groups excluding carboxylic acids is 1. The molecule has 7 heteroatoms. The molecule has 1 saturated heterocycles. The maximum absolute atomic E-state index is 12.2. The van der Waals surface area contributed by atoms with Crippen molar-refractivity contribution in [3.63, 3.8) is 0 Å². The van der Waals surface area contributed by atoms with E-state index in [1.807, 2.05) is 6.92 Å². The molecule has 2 aromatic rings. The molecule has 0 spiro atoms. The van der Waals surface area contributed by atoms with E-state index in [2.05, 4.69) is 15.3 Å². The van der Waals surface area contributed by atoms with Crippen molar-refractivity contribution < 1.29 is 9.53 Å². The molecule has 0 aromatic carbocycles. The minimum atomic E-state index is -0.403. The van der Waals surface area contributed by atoms with Gasteiger partial charge < -0.3 is 14.6 Å². The Bertz CT molecular complexity index is 808. The number of carbonyl (C=O) groups is 1. The lowest BCUT2D eigenvalue weighted by Gasteiger charge is -2.21. The number of pyridine rings is 1. The van der Waals surface area contributed by atoms with Crippen LogP contribution in [-0.4, -0.2) is 27.0 Å². The van der Waals surface area contributed by atoms with Crippen LogP contribution in [0.1, 0.15) is 52.8 Å². The first-order chi connectivity index (χ1) is 12.1. The van der Waals surface area contributed by atoms with Crippen LogP contribution in [0.5, 0.6) is 0 Å². The van der Waals surface area contributed by atoms with Gasteiger partial charge in [0.2, 0.25) is 0 Å². The molecule has 3 heterocycles. The van der Waals surface area contributed by atoms with Crippen LogP contribution in [0.3, 0.4) is 0 Å². The number of ether oxygens (including phenoxy) is 1. The lowest BCUT2D eigenvalue weighted by atomic mass is 10.1. The predicted molar refractivity (Wildman–Crippen MR) is 92.2 cm³/mol. The minimum absolute atomic E-state index is 0.0343. The number of amides is 1. The molecule has 1 fully saturated rings. The van der Waals surface area contributed by atoms with Crippen LogP contribution < -0.4 is 10.9 Å². The fourth-order valence-corrected chi connectivity index (χ4v) is 2.74. The Labute approximate surface area is 146 Å². The molecule has 0 radical (unpaired) electrons. The number of aryl methyl sites for hydroxylation is 1. The average Bonchev–Trinajstić information content (AvgIpc) is 2.65. The summed E-state index contributed by atoms with van der Waals surface area (Å²) in [5.74, 6) is 0.280. The summed E-state index contributed by atoms with van der Waals surface area (Å²) < 4.78 is 7.12. The summed E-state index contributed by atoms with van der Waals surface area (Å²) in [5.41, 5.74) is 1.40. The Kier molecular flexibility index (Phi) is 5.23. The van der Waals surface area contributed by atoms with Crippen LogP contribution in [0.25, 0.3) is 0 Å². The monoisotopic (exact) mass is 342 g/mol. The SMILES string of the molecule is Cc1ccc(C(=O)NCc2cnc(C3CCCCO3)nc2)c(=O)n1C. The standard InChI is InChI=1S/C18H22N4O3/c1-12-6-7-14(18(24)22(12)2)17(23)21-11-13-9-19-16(20-10-13)15-5-3-4-8-25-15/h6-7,9-10,15H,3-5,8,11H2,1-2H3,(H,21,23). The topological polar surface area (TPSA) is 86.1 Å². The van der Waals surface area contributed by atoms with Crippen molar-refractivity contribution in [1.82, 2.24) is 19.9 Å². The third-order valence-electron chi connectivity index (χ3n) is 4.45. The van der Waals surface area contributed by atoms with Crippen LogP contribution in [-0.2, 0) is 18.3 Å². The van der Waals surface area contributed by atoms with Crippen LogP contribution >= 0.6 is 0 Å². The van der Waals surface area contributed by atoms with E-state index in [0.29, 0.717) is 5.82 Å². The van der Waals surface area contributed by atoms with Crippen molar-refractivity contribution >= 4 is 5.91 Å². The van der Waals surface area contributed by atoms with E-state index >= 15 is 0 Å². The van der Waals surface area contributed by atoms with E-state index in [-0.39, 0.29) is 23.8 Å². The highest BCUT2D eigenvalue weighted by molar-refractivity contribution is 5.93. The highest BCUT2D eigenvalue weighted by atomic mass is 16.5.